The molecule has 2 atom stereocenters. The van der Waals surface area contributed by atoms with Gasteiger partial charge in [-0.25, -0.2) is 0 Å². The summed E-state index contributed by atoms with van der Waals surface area (Å²) in [5, 5.41) is 9.79. The van der Waals surface area contributed by atoms with E-state index in [9.17, 15) is 9.90 Å². The van der Waals surface area contributed by atoms with Gasteiger partial charge in [0.25, 0.3) is 0 Å². The van der Waals surface area contributed by atoms with Crippen molar-refractivity contribution in [3.8, 4) is 0 Å². The second kappa shape index (κ2) is 5.88. The summed E-state index contributed by atoms with van der Waals surface area (Å²) in [4.78, 5) is 14.2. The molecule has 3 fully saturated rings. The molecule has 0 aromatic heterocycles. The first-order valence-electron chi connectivity index (χ1n) is 8.76. The highest BCUT2D eigenvalue weighted by Gasteiger charge is 2.51. The number of likely N-dealkylation sites (tertiary alicyclic amines) is 1. The van der Waals surface area contributed by atoms with Crippen LogP contribution in [0.4, 0.5) is 0 Å². The van der Waals surface area contributed by atoms with E-state index in [1.165, 1.54) is 32.1 Å². The third kappa shape index (κ3) is 2.61. The first kappa shape index (κ1) is 15.3. The van der Waals surface area contributed by atoms with Gasteiger partial charge in [-0.2, -0.15) is 0 Å². The quantitative estimate of drug-likeness (QED) is 0.868. The van der Waals surface area contributed by atoms with Crippen molar-refractivity contribution >= 4 is 5.97 Å². The Hall–Kier alpha value is -0.610. The summed E-state index contributed by atoms with van der Waals surface area (Å²) in [5.41, 5.74) is -0.556. The number of rotatable bonds is 3. The van der Waals surface area contributed by atoms with Gasteiger partial charge in [0.2, 0.25) is 0 Å². The van der Waals surface area contributed by atoms with Crippen LogP contribution in [0.1, 0.15) is 71.1 Å². The zero-order valence-corrected chi connectivity index (χ0v) is 13.3. The van der Waals surface area contributed by atoms with Gasteiger partial charge in [0.1, 0.15) is 5.54 Å². The first-order valence-corrected chi connectivity index (χ1v) is 8.76. The maximum absolute atomic E-state index is 11.9. The zero-order valence-electron chi connectivity index (χ0n) is 13.3. The third-order valence-electron chi connectivity index (χ3n) is 6.19. The summed E-state index contributed by atoms with van der Waals surface area (Å²) >= 11 is 0. The van der Waals surface area contributed by atoms with Crippen LogP contribution < -0.4 is 0 Å². The lowest BCUT2D eigenvalue weighted by Gasteiger charge is -2.49. The van der Waals surface area contributed by atoms with Crippen molar-refractivity contribution in [1.29, 1.82) is 0 Å². The molecule has 0 bridgehead atoms. The number of ether oxygens (including phenoxy) is 1. The Morgan fingerprint density at radius 1 is 1.24 bits per heavy atom. The van der Waals surface area contributed by atoms with Gasteiger partial charge in [-0.1, -0.05) is 26.2 Å². The summed E-state index contributed by atoms with van der Waals surface area (Å²) in [7, 11) is 0. The van der Waals surface area contributed by atoms with Crippen LogP contribution in [0.25, 0.3) is 0 Å². The van der Waals surface area contributed by atoms with E-state index in [-0.39, 0.29) is 5.60 Å². The number of carboxylic acid groups (broad SMARTS) is 1. The highest BCUT2D eigenvalue weighted by molar-refractivity contribution is 5.79. The molecular formula is C17H29NO3. The van der Waals surface area contributed by atoms with Crippen molar-refractivity contribution < 1.29 is 14.6 Å². The fourth-order valence-corrected chi connectivity index (χ4v) is 5.00. The van der Waals surface area contributed by atoms with Crippen molar-refractivity contribution in [3.05, 3.63) is 0 Å². The fourth-order valence-electron chi connectivity index (χ4n) is 5.00. The monoisotopic (exact) mass is 295 g/mol. The van der Waals surface area contributed by atoms with Crippen LogP contribution in [-0.2, 0) is 9.53 Å². The van der Waals surface area contributed by atoms with Gasteiger partial charge in [-0.15, -0.1) is 0 Å². The maximum atomic E-state index is 11.9. The molecule has 3 aliphatic rings. The minimum atomic E-state index is -0.619. The van der Waals surface area contributed by atoms with Crippen molar-refractivity contribution in [2.24, 2.45) is 0 Å². The maximum Gasteiger partial charge on any atom is 0.324 e. The minimum Gasteiger partial charge on any atom is -0.480 e. The van der Waals surface area contributed by atoms with Crippen LogP contribution in [0.2, 0.25) is 0 Å². The van der Waals surface area contributed by atoms with Gasteiger partial charge in [0.05, 0.1) is 5.60 Å². The average molecular weight is 295 g/mol. The average Bonchev–Trinajstić information content (AvgIpc) is 2.93. The molecule has 2 heterocycles. The predicted molar refractivity (Wildman–Crippen MR) is 81.4 cm³/mol. The molecule has 2 unspecified atom stereocenters. The van der Waals surface area contributed by atoms with Crippen molar-refractivity contribution in [1.82, 2.24) is 4.90 Å². The standard InChI is InChI=1S/C17H29NO3/c1-2-17(15(19)20)10-6-11-18(17)14-7-12-21-16(13-14)8-4-3-5-9-16/h14H,2-13H2,1H3,(H,19,20). The number of carbonyl (C=O) groups is 1. The molecule has 2 saturated heterocycles. The summed E-state index contributed by atoms with van der Waals surface area (Å²) in [6, 6.07) is 0.399. The summed E-state index contributed by atoms with van der Waals surface area (Å²) < 4.78 is 6.18. The molecule has 1 N–H and O–H groups in total. The molecule has 2 aliphatic heterocycles. The number of nitrogens with zero attached hydrogens (tertiary/aromatic N) is 1. The van der Waals surface area contributed by atoms with Gasteiger partial charge in [-0.05, 0) is 51.5 Å². The van der Waals surface area contributed by atoms with E-state index < -0.39 is 11.5 Å². The van der Waals surface area contributed by atoms with E-state index in [4.69, 9.17) is 4.74 Å². The van der Waals surface area contributed by atoms with Gasteiger partial charge < -0.3 is 9.84 Å². The summed E-state index contributed by atoms with van der Waals surface area (Å²) in [5.74, 6) is -0.619. The Balaban J connectivity index is 1.77. The number of hydrogen-bond acceptors (Lipinski definition) is 3. The van der Waals surface area contributed by atoms with Crippen molar-refractivity contribution in [2.45, 2.75) is 88.3 Å². The smallest absolute Gasteiger partial charge is 0.324 e. The lowest BCUT2D eigenvalue weighted by molar-refractivity contribution is -0.160. The third-order valence-corrected chi connectivity index (χ3v) is 6.19. The Morgan fingerprint density at radius 2 is 2.00 bits per heavy atom. The van der Waals surface area contributed by atoms with E-state index in [0.29, 0.717) is 12.5 Å². The topological polar surface area (TPSA) is 49.8 Å². The fraction of sp³-hybridized carbons (Fsp3) is 0.941. The van der Waals surface area contributed by atoms with Crippen LogP contribution in [0, 0.1) is 0 Å². The van der Waals surface area contributed by atoms with Crippen LogP contribution in [0.5, 0.6) is 0 Å². The molecule has 1 spiro atoms. The normalized spacial score (nSPS) is 36.9. The molecule has 0 aromatic carbocycles. The van der Waals surface area contributed by atoms with Gasteiger partial charge >= 0.3 is 5.97 Å². The van der Waals surface area contributed by atoms with Crippen LogP contribution in [-0.4, -0.2) is 46.3 Å². The van der Waals surface area contributed by atoms with E-state index in [1.807, 2.05) is 6.92 Å². The Morgan fingerprint density at radius 3 is 2.67 bits per heavy atom. The van der Waals surface area contributed by atoms with Crippen LogP contribution >= 0.6 is 0 Å². The molecule has 0 aromatic rings. The molecule has 120 valence electrons. The molecule has 0 amide bonds. The van der Waals surface area contributed by atoms with Gasteiger partial charge in [0, 0.05) is 12.6 Å². The van der Waals surface area contributed by atoms with E-state index >= 15 is 0 Å². The summed E-state index contributed by atoms with van der Waals surface area (Å²) in [6.45, 7) is 3.78. The zero-order chi connectivity index (χ0) is 14.9. The Bertz CT molecular complexity index is 386. The Labute approximate surface area is 127 Å². The van der Waals surface area contributed by atoms with Crippen molar-refractivity contribution in [2.75, 3.05) is 13.2 Å². The second-order valence-electron chi connectivity index (χ2n) is 7.23. The number of carboxylic acids is 1. The lowest BCUT2D eigenvalue weighted by atomic mass is 9.77. The first-order chi connectivity index (χ1) is 10.1. The highest BCUT2D eigenvalue weighted by atomic mass is 16.5. The molecule has 0 radical (unpaired) electrons. The highest BCUT2D eigenvalue weighted by Crippen LogP contribution is 2.44. The van der Waals surface area contributed by atoms with E-state index in [0.717, 1.165) is 38.8 Å². The lowest BCUT2D eigenvalue weighted by Crippen LogP contribution is -2.58. The summed E-state index contributed by atoms with van der Waals surface area (Å²) in [6.07, 6.45) is 10.8. The number of hydrogen-bond donors (Lipinski definition) is 1. The molecule has 3 rings (SSSR count). The van der Waals surface area contributed by atoms with Crippen molar-refractivity contribution in [3.63, 3.8) is 0 Å². The SMILES string of the molecule is CCC1(C(=O)O)CCCN1C1CCOC2(CCCCC2)C1. The predicted octanol–water partition coefficient (Wildman–Crippen LogP) is 3.20. The molecule has 4 heteroatoms. The van der Waals surface area contributed by atoms with Gasteiger partial charge in [0.15, 0.2) is 0 Å². The van der Waals surface area contributed by atoms with Crippen LogP contribution in [0.3, 0.4) is 0 Å². The second-order valence-corrected chi connectivity index (χ2v) is 7.23. The molecule has 4 nitrogen and oxygen atoms in total. The molecule has 21 heavy (non-hydrogen) atoms. The number of aliphatic carboxylic acids is 1. The molecular weight excluding hydrogens is 266 g/mol. The van der Waals surface area contributed by atoms with E-state index in [2.05, 4.69) is 4.90 Å². The Kier molecular flexibility index (Phi) is 4.28. The largest absolute Gasteiger partial charge is 0.480 e. The van der Waals surface area contributed by atoms with Crippen LogP contribution in [0.15, 0.2) is 0 Å². The minimum absolute atomic E-state index is 0.0573. The van der Waals surface area contributed by atoms with E-state index in [1.54, 1.807) is 0 Å². The molecule has 1 saturated carbocycles. The van der Waals surface area contributed by atoms with Gasteiger partial charge in [-0.3, -0.25) is 9.69 Å². The molecule has 1 aliphatic carbocycles.